The topological polar surface area (TPSA) is 12.9 Å². The molecule has 1 rings (SSSR count). The van der Waals surface area contributed by atoms with Gasteiger partial charge in [0, 0.05) is 0 Å². The fourth-order valence-electron chi connectivity index (χ4n) is 0.770. The van der Waals surface area contributed by atoms with Crippen LogP contribution in [0, 0.1) is 6.92 Å². The smallest absolute Gasteiger partial charge is 0.238 e. The van der Waals surface area contributed by atoms with Crippen LogP contribution in [0.4, 0.5) is 8.78 Å². The summed E-state index contributed by atoms with van der Waals surface area (Å²) in [5.74, 6) is 0. The average Bonchev–Trinajstić information content (AvgIpc) is 1.82. The lowest BCUT2D eigenvalue weighted by atomic mass is 10.2. The van der Waals surface area contributed by atoms with E-state index in [1.807, 2.05) is 0 Å². The van der Waals surface area contributed by atoms with Crippen LogP contribution in [0.15, 0.2) is 16.7 Å². The van der Waals surface area contributed by atoms with Crippen molar-refractivity contribution in [2.45, 2.75) is 12.3 Å². The van der Waals surface area contributed by atoms with E-state index in [9.17, 15) is 8.78 Å². The molecule has 0 atom stereocenters. The first-order valence-electron chi connectivity index (χ1n) is 3.11. The van der Waals surface area contributed by atoms with Crippen molar-refractivity contribution in [3.05, 3.63) is 28.0 Å². The van der Waals surface area contributed by atoms with E-state index < -0.39 is 11.1 Å². The van der Waals surface area contributed by atoms with Crippen LogP contribution in [0.5, 0.6) is 0 Å². The van der Waals surface area contributed by atoms with Gasteiger partial charge in [0.2, 0.25) is 0 Å². The minimum Gasteiger partial charge on any atom is -0.238 e. The van der Waals surface area contributed by atoms with Gasteiger partial charge in [-0.1, -0.05) is 0 Å². The minimum atomic E-state index is -3.39. The average molecular weight is 256 g/mol. The van der Waals surface area contributed by atoms with E-state index in [-0.39, 0.29) is 0 Å². The van der Waals surface area contributed by atoms with Gasteiger partial charge in [0.1, 0.15) is 10.3 Å². The highest BCUT2D eigenvalue weighted by Crippen LogP contribution is 2.31. The van der Waals surface area contributed by atoms with Crippen LogP contribution in [0.1, 0.15) is 11.3 Å². The molecule has 12 heavy (non-hydrogen) atoms. The number of aromatic nitrogens is 1. The van der Waals surface area contributed by atoms with E-state index in [1.165, 1.54) is 6.07 Å². The molecular weight excluding hydrogens is 251 g/mol. The fraction of sp³-hybridized carbons (Fsp3) is 0.286. The van der Waals surface area contributed by atoms with Crippen molar-refractivity contribution in [2.75, 3.05) is 0 Å². The molecule has 1 aromatic rings. The van der Waals surface area contributed by atoms with Crippen molar-refractivity contribution < 1.29 is 8.78 Å². The number of pyridine rings is 1. The molecule has 0 bridgehead atoms. The Labute approximate surface area is 81.9 Å². The quantitative estimate of drug-likeness (QED) is 0.554. The largest absolute Gasteiger partial charge is 0.364 e. The molecule has 0 N–H and O–H groups in total. The predicted molar refractivity (Wildman–Crippen MR) is 46.4 cm³/mol. The maximum Gasteiger partial charge on any atom is 0.364 e. The van der Waals surface area contributed by atoms with Gasteiger partial charge in [-0.3, -0.25) is 0 Å². The lowest BCUT2D eigenvalue weighted by molar-refractivity contribution is 0.0897. The highest BCUT2D eigenvalue weighted by atomic mass is 79.9. The van der Waals surface area contributed by atoms with E-state index in [1.54, 1.807) is 13.0 Å². The van der Waals surface area contributed by atoms with Gasteiger partial charge in [-0.2, -0.15) is 8.78 Å². The molecule has 0 aliphatic carbocycles. The number of halogens is 4. The van der Waals surface area contributed by atoms with Crippen LogP contribution in [0.2, 0.25) is 0 Å². The minimum absolute atomic E-state index is 0.359. The number of alkyl halides is 3. The third kappa shape index (κ3) is 2.38. The Morgan fingerprint density at radius 3 is 2.50 bits per heavy atom. The number of nitrogens with zero attached hydrogens (tertiary/aromatic N) is 1. The van der Waals surface area contributed by atoms with Crippen LogP contribution in [0.3, 0.4) is 0 Å². The van der Waals surface area contributed by atoms with Gasteiger partial charge in [-0.15, -0.1) is 0 Å². The van der Waals surface area contributed by atoms with E-state index in [0.717, 1.165) is 0 Å². The zero-order chi connectivity index (χ0) is 9.35. The van der Waals surface area contributed by atoms with Crippen LogP contribution in [0.25, 0.3) is 0 Å². The highest BCUT2D eigenvalue weighted by molar-refractivity contribution is 9.10. The monoisotopic (exact) mass is 255 g/mol. The summed E-state index contributed by atoms with van der Waals surface area (Å²) in [6.45, 7) is 1.69. The summed E-state index contributed by atoms with van der Waals surface area (Å²) in [6.07, 6.45) is 0. The van der Waals surface area contributed by atoms with Gasteiger partial charge in [0.25, 0.3) is 0 Å². The molecule has 1 aromatic heterocycles. The van der Waals surface area contributed by atoms with Crippen LogP contribution in [-0.4, -0.2) is 4.98 Å². The summed E-state index contributed by atoms with van der Waals surface area (Å²) >= 11 is 7.79. The Morgan fingerprint density at radius 1 is 1.50 bits per heavy atom. The Bertz CT molecular complexity index is 278. The van der Waals surface area contributed by atoms with Gasteiger partial charge in [0.15, 0.2) is 0 Å². The second-order valence-corrected chi connectivity index (χ2v) is 3.64. The highest BCUT2D eigenvalue weighted by Gasteiger charge is 2.29. The molecule has 0 unspecified atom stereocenters. The zero-order valence-corrected chi connectivity index (χ0v) is 8.46. The molecule has 1 heterocycles. The Morgan fingerprint density at radius 2 is 2.08 bits per heavy atom. The van der Waals surface area contributed by atoms with Crippen molar-refractivity contribution in [1.82, 2.24) is 4.98 Å². The van der Waals surface area contributed by atoms with Crippen molar-refractivity contribution in [1.29, 1.82) is 0 Å². The molecule has 5 heteroatoms. The molecule has 66 valence electrons. The second-order valence-electron chi connectivity index (χ2n) is 2.35. The molecule has 0 aliphatic rings. The Balaban J connectivity index is 3.18. The standard InChI is InChI=1S/C7H5BrClF2N/c1-4-2-5(7(9,10)11)12-6(8)3-4/h2-3H,1H3. The molecule has 0 aliphatic heterocycles. The summed E-state index contributed by atoms with van der Waals surface area (Å²) < 4.78 is 25.4. The van der Waals surface area contributed by atoms with Gasteiger partial charge in [-0.05, 0) is 52.2 Å². The SMILES string of the molecule is Cc1cc(Br)nc(C(F)(F)Cl)c1. The Kier molecular flexibility index (Phi) is 2.68. The maximum absolute atomic E-state index is 12.5. The predicted octanol–water partition coefficient (Wildman–Crippen LogP) is 3.44. The van der Waals surface area contributed by atoms with Crippen LogP contribution < -0.4 is 0 Å². The third-order valence-electron chi connectivity index (χ3n) is 1.23. The van der Waals surface area contributed by atoms with Crippen LogP contribution >= 0.6 is 27.5 Å². The van der Waals surface area contributed by atoms with E-state index >= 15 is 0 Å². The third-order valence-corrected chi connectivity index (χ3v) is 1.83. The summed E-state index contributed by atoms with van der Waals surface area (Å²) in [4.78, 5) is 3.54. The lowest BCUT2D eigenvalue weighted by Crippen LogP contribution is -2.06. The molecule has 0 aromatic carbocycles. The maximum atomic E-state index is 12.5. The summed E-state index contributed by atoms with van der Waals surface area (Å²) in [5.41, 5.74) is 0.253. The molecule has 0 saturated carbocycles. The molecule has 1 nitrogen and oxygen atoms in total. The summed E-state index contributed by atoms with van der Waals surface area (Å²) in [7, 11) is 0. The zero-order valence-electron chi connectivity index (χ0n) is 6.11. The lowest BCUT2D eigenvalue weighted by Gasteiger charge is -2.07. The van der Waals surface area contributed by atoms with Crippen molar-refractivity contribution >= 4 is 27.5 Å². The molecule has 0 radical (unpaired) electrons. The summed E-state index contributed by atoms with van der Waals surface area (Å²) in [5, 5.41) is -3.39. The van der Waals surface area contributed by atoms with Gasteiger partial charge in [-0.25, -0.2) is 4.98 Å². The number of aryl methyl sites for hydroxylation is 1. The van der Waals surface area contributed by atoms with Crippen molar-refractivity contribution in [3.63, 3.8) is 0 Å². The number of hydrogen-bond donors (Lipinski definition) is 0. The number of hydrogen-bond acceptors (Lipinski definition) is 1. The molecule has 0 saturated heterocycles. The second kappa shape index (κ2) is 3.26. The number of rotatable bonds is 1. The molecule has 0 spiro atoms. The van der Waals surface area contributed by atoms with Crippen molar-refractivity contribution in [3.8, 4) is 0 Å². The van der Waals surface area contributed by atoms with E-state index in [2.05, 4.69) is 20.9 Å². The van der Waals surface area contributed by atoms with E-state index in [0.29, 0.717) is 10.2 Å². The molecule has 0 amide bonds. The first-order chi connectivity index (χ1) is 5.39. The van der Waals surface area contributed by atoms with E-state index in [4.69, 9.17) is 11.6 Å². The summed E-state index contributed by atoms with van der Waals surface area (Å²) in [6, 6.07) is 2.88. The van der Waals surface area contributed by atoms with Gasteiger partial charge >= 0.3 is 5.38 Å². The molecular formula is C7H5BrClF2N. The normalized spacial score (nSPS) is 11.8. The van der Waals surface area contributed by atoms with Crippen molar-refractivity contribution in [2.24, 2.45) is 0 Å². The Hall–Kier alpha value is -0.220. The van der Waals surface area contributed by atoms with Gasteiger partial charge < -0.3 is 0 Å². The molecule has 0 fully saturated rings. The first kappa shape index (κ1) is 9.86. The fourth-order valence-corrected chi connectivity index (χ4v) is 1.42. The van der Waals surface area contributed by atoms with Gasteiger partial charge in [0.05, 0.1) is 0 Å². The van der Waals surface area contributed by atoms with Crippen LogP contribution in [-0.2, 0) is 5.38 Å². The first-order valence-corrected chi connectivity index (χ1v) is 4.28.